The van der Waals surface area contributed by atoms with Crippen molar-refractivity contribution < 1.29 is 38.9 Å². The van der Waals surface area contributed by atoms with Crippen molar-refractivity contribution in [3.8, 4) is 0 Å². The monoisotopic (exact) mass is 432 g/mol. The number of rotatable bonds is 16. The fourth-order valence-corrected chi connectivity index (χ4v) is 2.83. The molecule has 176 valence electrons. The van der Waals surface area contributed by atoms with E-state index in [4.69, 9.17) is 10.2 Å². The lowest BCUT2D eigenvalue weighted by Crippen LogP contribution is -2.12. The second-order valence-corrected chi connectivity index (χ2v) is 8.08. The van der Waals surface area contributed by atoms with E-state index in [1.165, 1.54) is 14.2 Å². The van der Waals surface area contributed by atoms with Crippen molar-refractivity contribution in [1.29, 1.82) is 0 Å². The number of esters is 2. The van der Waals surface area contributed by atoms with Crippen LogP contribution < -0.4 is 0 Å². The highest BCUT2D eigenvalue weighted by molar-refractivity contribution is 5.69. The van der Waals surface area contributed by atoms with Crippen LogP contribution in [0.2, 0.25) is 0 Å². The molecule has 0 aliphatic heterocycles. The van der Waals surface area contributed by atoms with Crippen LogP contribution in [0.3, 0.4) is 0 Å². The first-order valence-electron chi connectivity index (χ1n) is 10.6. The van der Waals surface area contributed by atoms with Gasteiger partial charge in [0.15, 0.2) is 0 Å². The summed E-state index contributed by atoms with van der Waals surface area (Å²) in [5.41, 5.74) is 0.0465. The van der Waals surface area contributed by atoms with E-state index in [1.54, 1.807) is 0 Å². The highest BCUT2D eigenvalue weighted by Crippen LogP contribution is 2.29. The summed E-state index contributed by atoms with van der Waals surface area (Å²) in [7, 11) is 2.80. The van der Waals surface area contributed by atoms with Crippen molar-refractivity contribution in [1.82, 2.24) is 0 Å². The molecular weight excluding hydrogens is 392 g/mol. The predicted molar refractivity (Wildman–Crippen MR) is 113 cm³/mol. The fraction of sp³-hybridized carbons (Fsp3) is 0.818. The number of unbranched alkanes of at least 4 members (excludes halogenated alkanes) is 4. The number of hydrogen-bond donors (Lipinski definition) is 2. The lowest BCUT2D eigenvalue weighted by molar-refractivity contribution is -0.141. The molecule has 0 heterocycles. The van der Waals surface area contributed by atoms with Gasteiger partial charge in [0.05, 0.1) is 14.2 Å². The van der Waals surface area contributed by atoms with Gasteiger partial charge in [-0.05, 0) is 43.9 Å². The smallest absolute Gasteiger partial charge is 0.305 e. The molecule has 0 aliphatic carbocycles. The average Bonchev–Trinajstić information content (AvgIpc) is 2.66. The number of hydrogen-bond acceptors (Lipinski definition) is 6. The molecule has 0 saturated carbocycles. The Bertz CT molecular complexity index is 457. The molecule has 0 unspecified atom stereocenters. The Morgan fingerprint density at radius 3 is 1.23 bits per heavy atom. The molecule has 8 heteroatoms. The third-order valence-corrected chi connectivity index (χ3v) is 4.71. The average molecular weight is 433 g/mol. The van der Waals surface area contributed by atoms with Gasteiger partial charge in [-0.2, -0.15) is 0 Å². The van der Waals surface area contributed by atoms with E-state index in [0.717, 1.165) is 44.9 Å². The first kappa shape index (κ1) is 30.1. The van der Waals surface area contributed by atoms with Gasteiger partial charge in [0.25, 0.3) is 0 Å². The number of carbonyl (C=O) groups excluding carboxylic acids is 2. The van der Waals surface area contributed by atoms with Gasteiger partial charge in [-0.1, -0.05) is 33.1 Å². The van der Waals surface area contributed by atoms with Crippen molar-refractivity contribution >= 4 is 23.9 Å². The molecule has 0 spiro atoms. The molecule has 0 aliphatic rings. The Hall–Kier alpha value is -2.12. The molecule has 0 aromatic rings. The maximum atomic E-state index is 10.7. The summed E-state index contributed by atoms with van der Waals surface area (Å²) in [6, 6.07) is 0. The Balaban J connectivity index is 0. The first-order valence-corrected chi connectivity index (χ1v) is 10.6. The number of carboxylic acid groups (broad SMARTS) is 2. The minimum Gasteiger partial charge on any atom is -0.481 e. The molecule has 8 nitrogen and oxygen atoms in total. The largest absolute Gasteiger partial charge is 0.481 e. The van der Waals surface area contributed by atoms with E-state index in [2.05, 4.69) is 23.3 Å². The van der Waals surface area contributed by atoms with Crippen LogP contribution >= 0.6 is 0 Å². The van der Waals surface area contributed by atoms with Crippen molar-refractivity contribution in [2.45, 2.75) is 97.3 Å². The number of ether oxygens (including phenoxy) is 2. The van der Waals surface area contributed by atoms with Gasteiger partial charge in [-0.25, -0.2) is 0 Å². The Kier molecular flexibility index (Phi) is 18.9. The van der Waals surface area contributed by atoms with Crippen LogP contribution in [-0.2, 0) is 28.7 Å². The number of carboxylic acids is 2. The van der Waals surface area contributed by atoms with E-state index in [-0.39, 0.29) is 30.2 Å². The summed E-state index contributed by atoms with van der Waals surface area (Å²) in [5.74, 6) is -1.83. The number of aliphatic carboxylic acids is 2. The zero-order valence-corrected chi connectivity index (χ0v) is 19.0. The summed E-state index contributed by atoms with van der Waals surface area (Å²) >= 11 is 0. The zero-order valence-electron chi connectivity index (χ0n) is 19.0. The van der Waals surface area contributed by atoms with Crippen molar-refractivity contribution in [3.63, 3.8) is 0 Å². The van der Waals surface area contributed by atoms with E-state index in [9.17, 15) is 19.2 Å². The molecule has 0 bridgehead atoms. The minimum absolute atomic E-state index is 0.0465. The number of carbonyl (C=O) groups is 4. The molecular formula is C22H40O8. The van der Waals surface area contributed by atoms with Gasteiger partial charge in [0.2, 0.25) is 0 Å². The summed E-state index contributed by atoms with van der Waals surface area (Å²) in [4.78, 5) is 42.1. The Morgan fingerprint density at radius 1 is 0.600 bits per heavy atom. The van der Waals surface area contributed by atoms with Gasteiger partial charge in [0, 0.05) is 25.7 Å². The lowest BCUT2D eigenvalue weighted by Gasteiger charge is -2.23. The molecule has 0 atom stereocenters. The third kappa shape index (κ3) is 23.9. The molecule has 0 rings (SSSR count). The van der Waals surface area contributed by atoms with Crippen LogP contribution in [-0.4, -0.2) is 48.3 Å². The lowest BCUT2D eigenvalue weighted by atomic mass is 9.82. The van der Waals surface area contributed by atoms with E-state index in [0.29, 0.717) is 25.7 Å². The van der Waals surface area contributed by atoms with Crippen LogP contribution in [0.4, 0.5) is 0 Å². The molecule has 0 saturated heterocycles. The normalized spacial score (nSPS) is 10.5. The van der Waals surface area contributed by atoms with Gasteiger partial charge in [0.1, 0.15) is 0 Å². The van der Waals surface area contributed by atoms with Gasteiger partial charge in [-0.15, -0.1) is 0 Å². The second-order valence-electron chi connectivity index (χ2n) is 8.08. The molecule has 0 aromatic heterocycles. The van der Waals surface area contributed by atoms with Crippen molar-refractivity contribution in [2.24, 2.45) is 5.41 Å². The molecule has 2 N–H and O–H groups in total. The number of methoxy groups -OCH3 is 2. The minimum atomic E-state index is -0.767. The van der Waals surface area contributed by atoms with Crippen molar-refractivity contribution in [3.05, 3.63) is 0 Å². The van der Waals surface area contributed by atoms with E-state index < -0.39 is 11.9 Å². The zero-order chi connectivity index (χ0) is 23.4. The molecule has 30 heavy (non-hydrogen) atoms. The van der Waals surface area contributed by atoms with Crippen LogP contribution in [0.1, 0.15) is 97.3 Å². The Morgan fingerprint density at radius 2 is 0.933 bits per heavy atom. The van der Waals surface area contributed by atoms with E-state index >= 15 is 0 Å². The molecule has 0 fully saturated rings. The van der Waals surface area contributed by atoms with Crippen LogP contribution in [0.15, 0.2) is 0 Å². The first-order chi connectivity index (χ1) is 14.0. The summed E-state index contributed by atoms with van der Waals surface area (Å²) in [6.45, 7) is 4.10. The fourth-order valence-electron chi connectivity index (χ4n) is 2.83. The summed E-state index contributed by atoms with van der Waals surface area (Å²) in [6.07, 6.45) is 9.17. The van der Waals surface area contributed by atoms with Gasteiger partial charge in [-0.3, -0.25) is 19.2 Å². The van der Waals surface area contributed by atoms with Crippen LogP contribution in [0.25, 0.3) is 0 Å². The Labute approximate surface area is 180 Å². The maximum absolute atomic E-state index is 10.7. The standard InChI is InChI=1S/2C11H20O4/c1-11(2,7-3-5-9(12)13)8-4-6-10(14)15;1-14-10(12)8-6-4-3-5-7-9-11(13)15-2/h3-8H2,1-2H3,(H,12,13)(H,14,15);3-9H2,1-2H3. The predicted octanol–water partition coefficient (Wildman–Crippen LogP) is 4.59. The highest BCUT2D eigenvalue weighted by atomic mass is 16.5. The van der Waals surface area contributed by atoms with Crippen LogP contribution in [0.5, 0.6) is 0 Å². The quantitative estimate of drug-likeness (QED) is 0.268. The maximum Gasteiger partial charge on any atom is 0.305 e. The van der Waals surface area contributed by atoms with Crippen molar-refractivity contribution in [2.75, 3.05) is 14.2 Å². The van der Waals surface area contributed by atoms with E-state index in [1.807, 2.05) is 0 Å². The summed E-state index contributed by atoms with van der Waals surface area (Å²) < 4.78 is 9.05. The molecule has 0 amide bonds. The third-order valence-electron chi connectivity index (χ3n) is 4.71. The molecule has 0 aromatic carbocycles. The highest BCUT2D eigenvalue weighted by Gasteiger charge is 2.18. The topological polar surface area (TPSA) is 127 Å². The van der Waals surface area contributed by atoms with Crippen LogP contribution in [0, 0.1) is 5.41 Å². The van der Waals surface area contributed by atoms with Gasteiger partial charge >= 0.3 is 23.9 Å². The van der Waals surface area contributed by atoms with Gasteiger partial charge < -0.3 is 19.7 Å². The summed E-state index contributed by atoms with van der Waals surface area (Å²) in [5, 5.41) is 17.0. The molecule has 0 radical (unpaired) electrons. The second kappa shape index (κ2) is 18.9. The SMILES string of the molecule is CC(C)(CCCC(=O)O)CCCC(=O)O.COC(=O)CCCCCCCC(=O)OC.